The highest BCUT2D eigenvalue weighted by atomic mass is 16.5. The highest BCUT2D eigenvalue weighted by molar-refractivity contribution is 5.67. The summed E-state index contributed by atoms with van der Waals surface area (Å²) in [4.78, 5) is 11.1. The molecule has 0 aliphatic heterocycles. The predicted octanol–water partition coefficient (Wildman–Crippen LogP) is 3.58. The molecule has 0 spiro atoms. The van der Waals surface area contributed by atoms with E-state index in [1.165, 1.54) is 0 Å². The van der Waals surface area contributed by atoms with Gasteiger partial charge in [-0.05, 0) is 12.0 Å². The first kappa shape index (κ1) is 12.4. The van der Waals surface area contributed by atoms with E-state index in [2.05, 4.69) is 17.2 Å². The third-order valence-corrected chi connectivity index (χ3v) is 1.97. The summed E-state index contributed by atoms with van der Waals surface area (Å²) in [5, 5.41) is 7.16. The molecule has 0 aliphatic rings. The van der Waals surface area contributed by atoms with E-state index in [-0.39, 0.29) is 6.61 Å². The lowest BCUT2D eigenvalue weighted by Crippen LogP contribution is -1.98. The summed E-state index contributed by atoms with van der Waals surface area (Å²) in [5.41, 5.74) is 0.944. The first-order valence-corrected chi connectivity index (χ1v) is 5.41. The molecule has 1 rings (SSSR count). The zero-order valence-electron chi connectivity index (χ0n) is 9.43. The third-order valence-electron chi connectivity index (χ3n) is 1.97. The number of unbranched alkanes of at least 4 members (excludes halogenated alkanes) is 1. The van der Waals surface area contributed by atoms with E-state index in [1.54, 1.807) is 0 Å². The molecule has 1 aromatic carbocycles. The zero-order valence-corrected chi connectivity index (χ0v) is 9.43. The van der Waals surface area contributed by atoms with Crippen molar-refractivity contribution < 1.29 is 9.53 Å². The maximum atomic E-state index is 11.1. The number of nitrogens with zero attached hydrogens (tertiary/aromatic N) is 2. The zero-order chi connectivity index (χ0) is 11.6. The van der Waals surface area contributed by atoms with Crippen molar-refractivity contribution in [3.63, 3.8) is 0 Å². The van der Waals surface area contributed by atoms with Crippen LogP contribution in [0, 0.1) is 0 Å². The maximum absolute atomic E-state index is 11.1. The quantitative estimate of drug-likeness (QED) is 0.562. The van der Waals surface area contributed by atoms with Crippen LogP contribution in [0.25, 0.3) is 0 Å². The van der Waals surface area contributed by atoms with Gasteiger partial charge in [-0.1, -0.05) is 48.8 Å². The van der Waals surface area contributed by atoms with Crippen LogP contribution in [-0.4, -0.2) is 12.6 Å². The molecule has 0 fully saturated rings. The van der Waals surface area contributed by atoms with Gasteiger partial charge in [0.1, 0.15) is 6.61 Å². The molecule has 0 saturated heterocycles. The number of carbonyl (C=O) groups excluding carboxylic acids is 1. The molecule has 0 atom stereocenters. The molecular weight excluding hydrogens is 204 g/mol. The van der Waals surface area contributed by atoms with Crippen LogP contribution in [0.4, 0.5) is 4.79 Å². The smallest absolute Gasteiger partial charge is 0.442 e. The molecular formula is C12H16N2O2. The van der Waals surface area contributed by atoms with Gasteiger partial charge in [-0.3, -0.25) is 0 Å². The van der Waals surface area contributed by atoms with Gasteiger partial charge in [-0.25, -0.2) is 4.79 Å². The lowest BCUT2D eigenvalue weighted by molar-refractivity contribution is 0.148. The van der Waals surface area contributed by atoms with Crippen molar-refractivity contribution in [2.75, 3.05) is 6.54 Å². The second kappa shape index (κ2) is 7.56. The lowest BCUT2D eigenvalue weighted by atomic mass is 10.2. The second-order valence-electron chi connectivity index (χ2n) is 3.36. The summed E-state index contributed by atoms with van der Waals surface area (Å²) in [7, 11) is 0. The molecule has 0 radical (unpaired) electrons. The molecule has 0 heterocycles. The molecule has 16 heavy (non-hydrogen) atoms. The van der Waals surface area contributed by atoms with Gasteiger partial charge in [-0.15, -0.1) is 0 Å². The van der Waals surface area contributed by atoms with Gasteiger partial charge in [0.05, 0.1) is 6.54 Å². The number of azo groups is 1. The average Bonchev–Trinajstić information content (AvgIpc) is 2.33. The molecule has 1 aromatic rings. The Hall–Kier alpha value is -1.71. The molecule has 0 saturated carbocycles. The number of hydrogen-bond donors (Lipinski definition) is 0. The summed E-state index contributed by atoms with van der Waals surface area (Å²) >= 11 is 0. The molecule has 1 amide bonds. The fourth-order valence-electron chi connectivity index (χ4n) is 1.08. The number of ether oxygens (including phenoxy) is 1. The topological polar surface area (TPSA) is 51.0 Å². The van der Waals surface area contributed by atoms with E-state index in [0.29, 0.717) is 6.54 Å². The second-order valence-corrected chi connectivity index (χ2v) is 3.36. The Morgan fingerprint density at radius 2 is 2.06 bits per heavy atom. The lowest BCUT2D eigenvalue weighted by Gasteiger charge is -1.99. The normalized spacial score (nSPS) is 10.6. The van der Waals surface area contributed by atoms with E-state index >= 15 is 0 Å². The van der Waals surface area contributed by atoms with Gasteiger partial charge in [0.2, 0.25) is 0 Å². The Labute approximate surface area is 95.3 Å². The van der Waals surface area contributed by atoms with E-state index in [4.69, 9.17) is 4.74 Å². The van der Waals surface area contributed by atoms with Gasteiger partial charge < -0.3 is 4.74 Å². The van der Waals surface area contributed by atoms with Crippen molar-refractivity contribution in [1.29, 1.82) is 0 Å². The highest BCUT2D eigenvalue weighted by Gasteiger charge is 1.99. The number of amides is 1. The summed E-state index contributed by atoms with van der Waals surface area (Å²) in [6, 6.07) is 9.48. The van der Waals surface area contributed by atoms with E-state index < -0.39 is 6.09 Å². The van der Waals surface area contributed by atoms with Crippen LogP contribution >= 0.6 is 0 Å². The minimum Gasteiger partial charge on any atom is -0.442 e. The van der Waals surface area contributed by atoms with Crippen LogP contribution in [0.1, 0.15) is 25.3 Å². The largest absolute Gasteiger partial charge is 0.452 e. The van der Waals surface area contributed by atoms with Gasteiger partial charge in [-0.2, -0.15) is 5.11 Å². The van der Waals surface area contributed by atoms with Crippen molar-refractivity contribution in [2.24, 2.45) is 10.2 Å². The monoisotopic (exact) mass is 220 g/mol. The SMILES string of the molecule is CCCC/N=N/C(=O)OCc1ccccc1. The predicted molar refractivity (Wildman–Crippen MR) is 61.3 cm³/mol. The van der Waals surface area contributed by atoms with Gasteiger partial charge in [0.25, 0.3) is 0 Å². The van der Waals surface area contributed by atoms with Gasteiger partial charge in [0, 0.05) is 0 Å². The summed E-state index contributed by atoms with van der Waals surface area (Å²) in [6.07, 6.45) is 1.35. The summed E-state index contributed by atoms with van der Waals surface area (Å²) in [5.74, 6) is 0. The van der Waals surface area contributed by atoms with E-state index in [9.17, 15) is 4.79 Å². The fourth-order valence-corrected chi connectivity index (χ4v) is 1.08. The van der Waals surface area contributed by atoms with Crippen molar-refractivity contribution in [1.82, 2.24) is 0 Å². The average molecular weight is 220 g/mol. The van der Waals surface area contributed by atoms with Crippen molar-refractivity contribution in [3.05, 3.63) is 35.9 Å². The Balaban J connectivity index is 2.23. The first-order valence-electron chi connectivity index (χ1n) is 5.41. The molecule has 0 aliphatic carbocycles. The molecule has 0 aromatic heterocycles. The van der Waals surface area contributed by atoms with Crippen molar-refractivity contribution in [2.45, 2.75) is 26.4 Å². The molecule has 86 valence electrons. The van der Waals surface area contributed by atoms with Crippen molar-refractivity contribution >= 4 is 6.09 Å². The molecule has 4 nitrogen and oxygen atoms in total. The van der Waals surface area contributed by atoms with Crippen LogP contribution in [0.2, 0.25) is 0 Å². The van der Waals surface area contributed by atoms with Gasteiger partial charge >= 0.3 is 6.09 Å². The van der Waals surface area contributed by atoms with Gasteiger partial charge in [0.15, 0.2) is 0 Å². The summed E-state index contributed by atoms with van der Waals surface area (Å²) in [6.45, 7) is 2.88. The first-order chi connectivity index (χ1) is 7.83. The standard InChI is InChI=1S/C12H16N2O2/c1-2-3-9-13-14-12(15)16-10-11-7-5-4-6-8-11/h4-8H,2-3,9-10H2,1H3/b14-13+. The minimum absolute atomic E-state index is 0.243. The van der Waals surface area contributed by atoms with Crippen LogP contribution in [0.5, 0.6) is 0 Å². The van der Waals surface area contributed by atoms with Crippen LogP contribution in [-0.2, 0) is 11.3 Å². The third kappa shape index (κ3) is 5.24. The minimum atomic E-state index is -0.625. The number of rotatable bonds is 5. The summed E-state index contributed by atoms with van der Waals surface area (Å²) < 4.78 is 4.91. The van der Waals surface area contributed by atoms with Crippen LogP contribution < -0.4 is 0 Å². The Bertz CT molecular complexity index is 336. The van der Waals surface area contributed by atoms with E-state index in [1.807, 2.05) is 30.3 Å². The molecule has 0 N–H and O–H groups in total. The number of carbonyl (C=O) groups is 1. The van der Waals surface area contributed by atoms with Crippen LogP contribution in [0.3, 0.4) is 0 Å². The Kier molecular flexibility index (Phi) is 5.84. The Morgan fingerprint density at radius 3 is 2.75 bits per heavy atom. The Morgan fingerprint density at radius 1 is 1.31 bits per heavy atom. The highest BCUT2D eigenvalue weighted by Crippen LogP contribution is 2.01. The van der Waals surface area contributed by atoms with Crippen LogP contribution in [0.15, 0.2) is 40.6 Å². The molecule has 0 unspecified atom stereocenters. The number of benzene rings is 1. The van der Waals surface area contributed by atoms with E-state index in [0.717, 1.165) is 18.4 Å². The van der Waals surface area contributed by atoms with Crippen molar-refractivity contribution in [3.8, 4) is 0 Å². The molecule has 0 bridgehead atoms. The molecule has 4 heteroatoms. The number of hydrogen-bond acceptors (Lipinski definition) is 3. The fraction of sp³-hybridized carbons (Fsp3) is 0.417. The maximum Gasteiger partial charge on any atom is 0.452 e.